The fourth-order valence-electron chi connectivity index (χ4n) is 2.33. The maximum absolute atomic E-state index is 6.13. The molecule has 0 aliphatic rings. The van der Waals surface area contributed by atoms with E-state index in [0.29, 0.717) is 10.0 Å². The third kappa shape index (κ3) is 4.15. The van der Waals surface area contributed by atoms with Crippen LogP contribution in [0.5, 0.6) is 0 Å². The normalized spacial score (nSPS) is 12.2. The Labute approximate surface area is 144 Å². The lowest BCUT2D eigenvalue weighted by Gasteiger charge is -2.21. The van der Waals surface area contributed by atoms with E-state index in [1.807, 2.05) is 18.2 Å². The van der Waals surface area contributed by atoms with E-state index in [2.05, 4.69) is 53.3 Å². The van der Waals surface area contributed by atoms with Crippen LogP contribution < -0.4 is 5.32 Å². The molecule has 0 radical (unpaired) electrons. The largest absolute Gasteiger partial charge is 0.378 e. The van der Waals surface area contributed by atoms with E-state index in [4.69, 9.17) is 23.2 Å². The van der Waals surface area contributed by atoms with Crippen molar-refractivity contribution in [1.82, 2.24) is 0 Å². The van der Waals surface area contributed by atoms with Crippen molar-refractivity contribution in [1.29, 1.82) is 0 Å². The van der Waals surface area contributed by atoms with Gasteiger partial charge in [0.15, 0.2) is 0 Å². The van der Waals surface area contributed by atoms with Crippen LogP contribution in [0.25, 0.3) is 0 Å². The van der Waals surface area contributed by atoms with Gasteiger partial charge in [0.2, 0.25) is 0 Å². The summed E-state index contributed by atoms with van der Waals surface area (Å²) < 4.78 is 1.10. The molecule has 0 saturated carbocycles. The van der Waals surface area contributed by atoms with Gasteiger partial charge in [-0.15, -0.1) is 0 Å². The molecule has 0 aromatic heterocycles. The average molecular weight is 387 g/mol. The fraction of sp³-hybridized carbons (Fsp3) is 0.294. The Bertz CT molecular complexity index is 628. The van der Waals surface area contributed by atoms with Crippen LogP contribution in [-0.4, -0.2) is 0 Å². The molecule has 2 aromatic carbocycles. The van der Waals surface area contributed by atoms with Gasteiger partial charge in [-0.05, 0) is 54.3 Å². The molecule has 4 heteroatoms. The fourth-order valence-corrected chi connectivity index (χ4v) is 3.05. The first-order valence-corrected chi connectivity index (χ1v) is 8.60. The van der Waals surface area contributed by atoms with Crippen LogP contribution in [0.15, 0.2) is 40.9 Å². The van der Waals surface area contributed by atoms with Gasteiger partial charge in [-0.1, -0.05) is 59.0 Å². The Morgan fingerprint density at radius 1 is 1.05 bits per heavy atom. The quantitative estimate of drug-likeness (QED) is 0.590. The summed E-state index contributed by atoms with van der Waals surface area (Å²) in [5.74, 6) is 0. The van der Waals surface area contributed by atoms with Gasteiger partial charge >= 0.3 is 0 Å². The highest BCUT2D eigenvalue weighted by Crippen LogP contribution is 2.31. The maximum Gasteiger partial charge on any atom is 0.0595 e. The molecular weight excluding hydrogens is 369 g/mol. The molecule has 0 fully saturated rings. The van der Waals surface area contributed by atoms with E-state index in [-0.39, 0.29) is 6.04 Å². The lowest BCUT2D eigenvalue weighted by Crippen LogP contribution is -2.11. The van der Waals surface area contributed by atoms with Gasteiger partial charge in [0.05, 0.1) is 16.1 Å². The highest BCUT2D eigenvalue weighted by Gasteiger charge is 2.12. The van der Waals surface area contributed by atoms with Crippen molar-refractivity contribution in [2.24, 2.45) is 0 Å². The van der Waals surface area contributed by atoms with Gasteiger partial charge in [-0.2, -0.15) is 0 Å². The number of halogens is 3. The van der Waals surface area contributed by atoms with Crippen LogP contribution in [0, 0.1) is 0 Å². The van der Waals surface area contributed by atoms with Gasteiger partial charge in [0, 0.05) is 10.2 Å². The summed E-state index contributed by atoms with van der Waals surface area (Å²) in [6.07, 6.45) is 1.96. The lowest BCUT2D eigenvalue weighted by molar-refractivity contribution is 0.747. The first kappa shape index (κ1) is 16.7. The van der Waals surface area contributed by atoms with E-state index in [0.717, 1.165) is 22.9 Å². The number of anilines is 1. The molecule has 0 spiro atoms. The van der Waals surface area contributed by atoms with E-state index < -0.39 is 0 Å². The molecule has 2 aromatic rings. The zero-order valence-corrected chi connectivity index (χ0v) is 15.2. The van der Waals surface area contributed by atoms with Crippen LogP contribution in [0.4, 0.5) is 5.69 Å². The Hall–Kier alpha value is -0.700. The zero-order chi connectivity index (χ0) is 15.4. The van der Waals surface area contributed by atoms with Crippen LogP contribution in [0.1, 0.15) is 37.4 Å². The second-order valence-corrected chi connectivity index (χ2v) is 6.66. The average Bonchev–Trinajstić information content (AvgIpc) is 2.48. The smallest absolute Gasteiger partial charge is 0.0595 e. The van der Waals surface area contributed by atoms with Gasteiger partial charge < -0.3 is 5.32 Å². The predicted molar refractivity (Wildman–Crippen MR) is 96.6 cm³/mol. The Balaban J connectivity index is 2.28. The number of hydrogen-bond acceptors (Lipinski definition) is 1. The molecule has 1 nitrogen and oxygen atoms in total. The lowest BCUT2D eigenvalue weighted by atomic mass is 10.0. The highest BCUT2D eigenvalue weighted by molar-refractivity contribution is 9.10. The summed E-state index contributed by atoms with van der Waals surface area (Å²) in [7, 11) is 0. The van der Waals surface area contributed by atoms with Crippen LogP contribution in [0.3, 0.4) is 0 Å². The summed E-state index contributed by atoms with van der Waals surface area (Å²) in [5.41, 5.74) is 3.61. The molecule has 21 heavy (non-hydrogen) atoms. The van der Waals surface area contributed by atoms with Gasteiger partial charge in [0.1, 0.15) is 0 Å². The van der Waals surface area contributed by atoms with Crippen LogP contribution in [-0.2, 0) is 6.42 Å². The second-order valence-electron chi connectivity index (χ2n) is 4.93. The molecule has 0 aliphatic heterocycles. The number of benzene rings is 2. The second kappa shape index (κ2) is 7.53. The maximum atomic E-state index is 6.13. The van der Waals surface area contributed by atoms with Gasteiger partial charge in [-0.3, -0.25) is 0 Å². The van der Waals surface area contributed by atoms with Gasteiger partial charge in [0.25, 0.3) is 0 Å². The molecule has 1 unspecified atom stereocenters. The monoisotopic (exact) mass is 385 g/mol. The molecule has 1 N–H and O–H groups in total. The van der Waals surface area contributed by atoms with Crippen molar-refractivity contribution in [2.75, 3.05) is 5.32 Å². The summed E-state index contributed by atoms with van der Waals surface area (Å²) >= 11 is 15.7. The Morgan fingerprint density at radius 2 is 1.81 bits per heavy atom. The molecule has 0 amide bonds. The minimum Gasteiger partial charge on any atom is -0.378 e. The molecule has 0 heterocycles. The molecule has 1 atom stereocenters. The van der Waals surface area contributed by atoms with Crippen molar-refractivity contribution in [3.63, 3.8) is 0 Å². The highest BCUT2D eigenvalue weighted by atomic mass is 79.9. The predicted octanol–water partition coefficient (Wildman–Crippen LogP) is 6.88. The minimum atomic E-state index is 0.214. The van der Waals surface area contributed by atoms with Gasteiger partial charge in [-0.25, -0.2) is 0 Å². The van der Waals surface area contributed by atoms with Crippen molar-refractivity contribution >= 4 is 44.8 Å². The number of aryl methyl sites for hydroxylation is 1. The summed E-state index contributed by atoms with van der Waals surface area (Å²) in [5, 5.41) is 4.80. The molecule has 0 saturated heterocycles. The molecule has 112 valence electrons. The standard InChI is InChI=1S/C17H18BrCl2N/c1-3-11-9-13(18)6-8-17(11)21-16(4-2)12-5-7-14(19)15(20)10-12/h5-10,16,21H,3-4H2,1-2H3. The molecule has 0 aliphatic carbocycles. The molecule has 2 rings (SSSR count). The van der Waals surface area contributed by atoms with Crippen molar-refractivity contribution < 1.29 is 0 Å². The summed E-state index contributed by atoms with van der Waals surface area (Å²) in [4.78, 5) is 0. The van der Waals surface area contributed by atoms with E-state index in [1.165, 1.54) is 11.3 Å². The number of nitrogens with one attached hydrogen (secondary N) is 1. The molecule has 0 bridgehead atoms. The summed E-state index contributed by atoms with van der Waals surface area (Å²) in [6.45, 7) is 4.32. The van der Waals surface area contributed by atoms with E-state index in [9.17, 15) is 0 Å². The summed E-state index contributed by atoms with van der Waals surface area (Å²) in [6, 6.07) is 12.4. The van der Waals surface area contributed by atoms with Crippen molar-refractivity contribution in [2.45, 2.75) is 32.7 Å². The van der Waals surface area contributed by atoms with E-state index >= 15 is 0 Å². The third-order valence-electron chi connectivity index (χ3n) is 3.53. The Morgan fingerprint density at radius 3 is 2.43 bits per heavy atom. The van der Waals surface area contributed by atoms with Crippen LogP contribution in [0.2, 0.25) is 10.0 Å². The van der Waals surface area contributed by atoms with Crippen LogP contribution >= 0.6 is 39.1 Å². The van der Waals surface area contributed by atoms with E-state index in [1.54, 1.807) is 0 Å². The minimum absolute atomic E-state index is 0.214. The van der Waals surface area contributed by atoms with Crippen molar-refractivity contribution in [3.8, 4) is 0 Å². The first-order chi connectivity index (χ1) is 10.0. The SMILES string of the molecule is CCc1cc(Br)ccc1NC(CC)c1ccc(Cl)c(Cl)c1. The number of hydrogen-bond donors (Lipinski definition) is 1. The van der Waals surface area contributed by atoms with Crippen molar-refractivity contribution in [3.05, 3.63) is 62.0 Å². The zero-order valence-electron chi connectivity index (χ0n) is 12.1. The Kier molecular flexibility index (Phi) is 5.98. The molecular formula is C17H18BrCl2N. The first-order valence-electron chi connectivity index (χ1n) is 7.05. The topological polar surface area (TPSA) is 12.0 Å². The third-order valence-corrected chi connectivity index (χ3v) is 4.76. The number of rotatable bonds is 5.